The number of aromatic nitrogens is 2. The molecule has 3 rings (SSSR count). The molecule has 1 saturated carbocycles. The number of carboxylic acid groups (broad SMARTS) is 1. The highest BCUT2D eigenvalue weighted by molar-refractivity contribution is 5.76. The predicted molar refractivity (Wildman–Crippen MR) is 68.4 cm³/mol. The molecule has 100 valence electrons. The molecule has 4 nitrogen and oxygen atoms in total. The van der Waals surface area contributed by atoms with Crippen molar-refractivity contribution in [1.29, 1.82) is 0 Å². The smallest absolute Gasteiger partial charge is 0.306 e. The van der Waals surface area contributed by atoms with Crippen molar-refractivity contribution in [3.05, 3.63) is 29.8 Å². The quantitative estimate of drug-likeness (QED) is 0.905. The predicted octanol–water partition coefficient (Wildman–Crippen LogP) is 2.68. The molecule has 5 heteroatoms. The Morgan fingerprint density at radius 2 is 2.26 bits per heavy atom. The molecule has 2 unspecified atom stereocenters. The number of imidazole rings is 1. The van der Waals surface area contributed by atoms with E-state index in [2.05, 4.69) is 4.98 Å². The van der Waals surface area contributed by atoms with E-state index in [1.807, 2.05) is 11.6 Å². The molecule has 0 radical (unpaired) electrons. The fourth-order valence-electron chi connectivity index (χ4n) is 2.99. The van der Waals surface area contributed by atoms with Gasteiger partial charge in [-0.2, -0.15) is 0 Å². The fourth-order valence-corrected chi connectivity index (χ4v) is 2.99. The van der Waals surface area contributed by atoms with Gasteiger partial charge in [0.15, 0.2) is 0 Å². The molecule has 0 amide bonds. The molecule has 1 fully saturated rings. The lowest BCUT2D eigenvalue weighted by molar-refractivity contribution is -0.141. The average molecular weight is 262 g/mol. The summed E-state index contributed by atoms with van der Waals surface area (Å²) in [7, 11) is 1.86. The van der Waals surface area contributed by atoms with Crippen LogP contribution < -0.4 is 0 Å². The minimum Gasteiger partial charge on any atom is -0.481 e. The summed E-state index contributed by atoms with van der Waals surface area (Å²) in [5.74, 6) is -0.267. The number of rotatable bonds is 2. The van der Waals surface area contributed by atoms with Crippen LogP contribution in [0, 0.1) is 11.7 Å². The highest BCUT2D eigenvalue weighted by atomic mass is 19.1. The van der Waals surface area contributed by atoms with Gasteiger partial charge in [0.05, 0.1) is 17.0 Å². The van der Waals surface area contributed by atoms with E-state index in [1.54, 1.807) is 6.07 Å². The van der Waals surface area contributed by atoms with Gasteiger partial charge in [0.25, 0.3) is 0 Å². The van der Waals surface area contributed by atoms with Crippen molar-refractivity contribution < 1.29 is 14.3 Å². The number of aliphatic carboxylic acids is 1. The Hall–Kier alpha value is -1.91. The first-order valence-corrected chi connectivity index (χ1v) is 6.41. The molecular weight excluding hydrogens is 247 g/mol. The third-order valence-corrected chi connectivity index (χ3v) is 4.02. The molecular formula is C14H15FN2O2. The van der Waals surface area contributed by atoms with Crippen LogP contribution >= 0.6 is 0 Å². The number of hydrogen-bond donors (Lipinski definition) is 1. The lowest BCUT2D eigenvalue weighted by atomic mass is 10.0. The van der Waals surface area contributed by atoms with Crippen molar-refractivity contribution in [2.45, 2.75) is 25.2 Å². The summed E-state index contributed by atoms with van der Waals surface area (Å²) < 4.78 is 15.1. The maximum Gasteiger partial charge on any atom is 0.306 e. The molecule has 1 N–H and O–H groups in total. The first-order chi connectivity index (χ1) is 9.06. The second kappa shape index (κ2) is 4.33. The number of carboxylic acids is 1. The first-order valence-electron chi connectivity index (χ1n) is 6.41. The minimum absolute atomic E-state index is 0.154. The van der Waals surface area contributed by atoms with Gasteiger partial charge in [-0.05, 0) is 37.5 Å². The number of hydrogen-bond acceptors (Lipinski definition) is 2. The number of nitrogens with zero attached hydrogens (tertiary/aromatic N) is 2. The lowest BCUT2D eigenvalue weighted by Gasteiger charge is -2.09. The summed E-state index contributed by atoms with van der Waals surface area (Å²) in [5.41, 5.74) is 1.52. The number of aryl methyl sites for hydroxylation is 1. The summed E-state index contributed by atoms with van der Waals surface area (Å²) in [5, 5.41) is 9.05. The third kappa shape index (κ3) is 1.99. The maximum atomic E-state index is 13.3. The molecule has 1 aromatic carbocycles. The van der Waals surface area contributed by atoms with E-state index in [1.165, 1.54) is 12.1 Å². The Morgan fingerprint density at radius 1 is 1.47 bits per heavy atom. The van der Waals surface area contributed by atoms with Crippen molar-refractivity contribution in [2.75, 3.05) is 0 Å². The molecule has 0 bridgehead atoms. The second-order valence-electron chi connectivity index (χ2n) is 5.21. The van der Waals surface area contributed by atoms with E-state index in [4.69, 9.17) is 5.11 Å². The van der Waals surface area contributed by atoms with Gasteiger partial charge in [0, 0.05) is 13.0 Å². The molecule has 2 atom stereocenters. The van der Waals surface area contributed by atoms with Crippen LogP contribution in [0.5, 0.6) is 0 Å². The first kappa shape index (κ1) is 12.1. The summed E-state index contributed by atoms with van der Waals surface area (Å²) in [4.78, 5) is 15.5. The average Bonchev–Trinajstić information content (AvgIpc) is 2.95. The van der Waals surface area contributed by atoms with E-state index < -0.39 is 5.97 Å². The Bertz CT molecular complexity index is 650. The summed E-state index contributed by atoms with van der Waals surface area (Å²) in [6, 6.07) is 4.53. The van der Waals surface area contributed by atoms with Gasteiger partial charge < -0.3 is 9.67 Å². The zero-order valence-corrected chi connectivity index (χ0v) is 10.6. The van der Waals surface area contributed by atoms with Gasteiger partial charge in [-0.15, -0.1) is 0 Å². The third-order valence-electron chi connectivity index (χ3n) is 4.02. The topological polar surface area (TPSA) is 55.1 Å². The van der Waals surface area contributed by atoms with Crippen molar-refractivity contribution in [1.82, 2.24) is 9.55 Å². The lowest BCUT2D eigenvalue weighted by Crippen LogP contribution is -2.10. The van der Waals surface area contributed by atoms with E-state index in [9.17, 15) is 9.18 Å². The van der Waals surface area contributed by atoms with Crippen LogP contribution in [0.2, 0.25) is 0 Å². The molecule has 1 aliphatic carbocycles. The van der Waals surface area contributed by atoms with Crippen LogP contribution in [-0.4, -0.2) is 20.6 Å². The molecule has 0 saturated heterocycles. The van der Waals surface area contributed by atoms with Crippen molar-refractivity contribution in [3.63, 3.8) is 0 Å². The van der Waals surface area contributed by atoms with Gasteiger partial charge in [-0.25, -0.2) is 9.37 Å². The zero-order valence-electron chi connectivity index (χ0n) is 10.6. The Labute approximate surface area is 109 Å². The molecule has 1 heterocycles. The second-order valence-corrected chi connectivity index (χ2v) is 5.21. The monoisotopic (exact) mass is 262 g/mol. The van der Waals surface area contributed by atoms with Gasteiger partial charge in [-0.1, -0.05) is 0 Å². The van der Waals surface area contributed by atoms with Crippen LogP contribution in [0.25, 0.3) is 11.0 Å². The van der Waals surface area contributed by atoms with Gasteiger partial charge >= 0.3 is 5.97 Å². The number of benzene rings is 1. The van der Waals surface area contributed by atoms with E-state index >= 15 is 0 Å². The maximum absolute atomic E-state index is 13.3. The van der Waals surface area contributed by atoms with Crippen LogP contribution in [0.1, 0.15) is 31.0 Å². The number of carbonyl (C=O) groups is 1. The molecule has 1 aliphatic rings. The highest BCUT2D eigenvalue weighted by Crippen LogP contribution is 2.38. The van der Waals surface area contributed by atoms with Crippen LogP contribution in [0.4, 0.5) is 4.39 Å². The van der Waals surface area contributed by atoms with Crippen molar-refractivity contribution in [2.24, 2.45) is 13.0 Å². The van der Waals surface area contributed by atoms with Crippen LogP contribution in [0.3, 0.4) is 0 Å². The standard InChI is InChI=1S/C14H15FN2O2/c1-17-12-7-10(15)4-5-11(12)16-13(17)8-2-3-9(6-8)14(18)19/h4-5,7-9H,2-3,6H2,1H3,(H,18,19). The van der Waals surface area contributed by atoms with Crippen molar-refractivity contribution >= 4 is 17.0 Å². The Kier molecular flexibility index (Phi) is 2.77. The van der Waals surface area contributed by atoms with Gasteiger partial charge in [0.2, 0.25) is 0 Å². The molecule has 1 aromatic heterocycles. The summed E-state index contributed by atoms with van der Waals surface area (Å²) >= 11 is 0. The van der Waals surface area contributed by atoms with Crippen LogP contribution in [0.15, 0.2) is 18.2 Å². The van der Waals surface area contributed by atoms with E-state index in [0.717, 1.165) is 23.3 Å². The highest BCUT2D eigenvalue weighted by Gasteiger charge is 2.33. The number of fused-ring (bicyclic) bond motifs is 1. The zero-order chi connectivity index (χ0) is 13.6. The normalized spacial score (nSPS) is 23.1. The Morgan fingerprint density at radius 3 is 2.95 bits per heavy atom. The molecule has 0 aliphatic heterocycles. The van der Waals surface area contributed by atoms with Gasteiger partial charge in [-0.3, -0.25) is 4.79 Å². The Balaban J connectivity index is 1.98. The SMILES string of the molecule is Cn1c(C2CCC(C(=O)O)C2)nc2ccc(F)cc21. The van der Waals surface area contributed by atoms with Crippen LogP contribution in [-0.2, 0) is 11.8 Å². The summed E-state index contributed by atoms with van der Waals surface area (Å²) in [6.45, 7) is 0. The number of halogens is 1. The fraction of sp³-hybridized carbons (Fsp3) is 0.429. The van der Waals surface area contributed by atoms with E-state index in [0.29, 0.717) is 12.8 Å². The van der Waals surface area contributed by atoms with Crippen molar-refractivity contribution in [3.8, 4) is 0 Å². The minimum atomic E-state index is -0.729. The molecule has 19 heavy (non-hydrogen) atoms. The largest absolute Gasteiger partial charge is 0.481 e. The molecule has 0 spiro atoms. The molecule has 2 aromatic rings. The van der Waals surface area contributed by atoms with E-state index in [-0.39, 0.29) is 17.7 Å². The van der Waals surface area contributed by atoms with Gasteiger partial charge in [0.1, 0.15) is 11.6 Å². The summed E-state index contributed by atoms with van der Waals surface area (Å²) in [6.07, 6.45) is 2.14.